The van der Waals surface area contributed by atoms with E-state index in [2.05, 4.69) is 26.1 Å². The van der Waals surface area contributed by atoms with Gasteiger partial charge in [0.15, 0.2) is 6.61 Å². The van der Waals surface area contributed by atoms with E-state index in [0.717, 1.165) is 16.7 Å². The Balaban J connectivity index is 2.23. The third-order valence-corrected chi connectivity index (χ3v) is 5.19. The Morgan fingerprint density at radius 2 is 1.56 bits per heavy atom. The van der Waals surface area contributed by atoms with Crippen molar-refractivity contribution in [3.63, 3.8) is 0 Å². The van der Waals surface area contributed by atoms with Crippen molar-refractivity contribution in [2.45, 2.75) is 78.9 Å². The van der Waals surface area contributed by atoms with E-state index in [9.17, 15) is 9.59 Å². The summed E-state index contributed by atoms with van der Waals surface area (Å²) in [6.07, 6.45) is 0. The zero-order valence-electron chi connectivity index (χ0n) is 20.8. The van der Waals surface area contributed by atoms with Gasteiger partial charge in [-0.1, -0.05) is 68.8 Å². The topological polar surface area (TPSA) is 58.6 Å². The van der Waals surface area contributed by atoms with Crippen LogP contribution in [0.4, 0.5) is 0 Å². The molecule has 0 aromatic heterocycles. The maximum Gasteiger partial charge on any atom is 0.261 e. The summed E-state index contributed by atoms with van der Waals surface area (Å²) in [5.41, 5.74) is 2.66. The molecule has 2 amide bonds. The first kappa shape index (κ1) is 25.4. The van der Waals surface area contributed by atoms with Gasteiger partial charge in [0.25, 0.3) is 5.91 Å². The number of nitrogens with zero attached hydrogens (tertiary/aromatic N) is 1. The Bertz CT molecular complexity index is 921. The van der Waals surface area contributed by atoms with E-state index in [1.165, 1.54) is 0 Å². The number of carbonyl (C=O) groups excluding carboxylic acids is 2. The van der Waals surface area contributed by atoms with Gasteiger partial charge in [0.2, 0.25) is 5.91 Å². The Morgan fingerprint density at radius 1 is 0.969 bits per heavy atom. The van der Waals surface area contributed by atoms with Crippen LogP contribution in [0.15, 0.2) is 48.5 Å². The molecule has 32 heavy (non-hydrogen) atoms. The molecule has 0 heterocycles. The lowest BCUT2D eigenvalue weighted by molar-refractivity contribution is -0.142. The van der Waals surface area contributed by atoms with Gasteiger partial charge in [0, 0.05) is 12.1 Å². The summed E-state index contributed by atoms with van der Waals surface area (Å²) in [5, 5.41) is 2.98. The minimum atomic E-state index is -0.635. The smallest absolute Gasteiger partial charge is 0.261 e. The molecule has 2 aromatic rings. The van der Waals surface area contributed by atoms with Crippen molar-refractivity contribution in [2.75, 3.05) is 6.61 Å². The first-order chi connectivity index (χ1) is 14.8. The third kappa shape index (κ3) is 7.40. The summed E-state index contributed by atoms with van der Waals surface area (Å²) < 4.78 is 5.97. The number of aryl methyl sites for hydroxylation is 1. The van der Waals surface area contributed by atoms with Crippen molar-refractivity contribution in [1.29, 1.82) is 0 Å². The highest BCUT2D eigenvalue weighted by molar-refractivity contribution is 5.88. The highest BCUT2D eigenvalue weighted by atomic mass is 16.5. The van der Waals surface area contributed by atoms with Crippen LogP contribution in [0.5, 0.6) is 5.75 Å². The van der Waals surface area contributed by atoms with Crippen LogP contribution in [0.2, 0.25) is 0 Å². The quantitative estimate of drug-likeness (QED) is 0.662. The van der Waals surface area contributed by atoms with Crippen molar-refractivity contribution < 1.29 is 14.3 Å². The Kier molecular flexibility index (Phi) is 8.11. The monoisotopic (exact) mass is 438 g/mol. The third-order valence-electron chi connectivity index (χ3n) is 5.19. The number of rotatable bonds is 7. The molecule has 1 unspecified atom stereocenters. The molecular formula is C27H38N2O3. The van der Waals surface area contributed by atoms with Crippen LogP contribution in [0.25, 0.3) is 0 Å². The van der Waals surface area contributed by atoms with E-state index in [0.29, 0.717) is 12.3 Å². The second-order valence-corrected chi connectivity index (χ2v) is 10.5. The number of carbonyl (C=O) groups is 2. The highest BCUT2D eigenvalue weighted by Crippen LogP contribution is 2.31. The Hall–Kier alpha value is -2.82. The Morgan fingerprint density at radius 3 is 2.12 bits per heavy atom. The SMILES string of the molecule is Cc1ccc(CN(C(=O)COc2ccccc2C(C)(C)C)C(C)C(=O)NC(C)(C)C)cc1. The fourth-order valence-electron chi connectivity index (χ4n) is 3.38. The van der Waals surface area contributed by atoms with Crippen LogP contribution in [-0.4, -0.2) is 34.9 Å². The molecule has 5 nitrogen and oxygen atoms in total. The zero-order valence-corrected chi connectivity index (χ0v) is 20.8. The van der Waals surface area contributed by atoms with E-state index in [1.807, 2.05) is 76.2 Å². The highest BCUT2D eigenvalue weighted by Gasteiger charge is 2.29. The van der Waals surface area contributed by atoms with Crippen LogP contribution in [0.3, 0.4) is 0 Å². The maximum atomic E-state index is 13.3. The number of hydrogen-bond donors (Lipinski definition) is 1. The van der Waals surface area contributed by atoms with Crippen molar-refractivity contribution >= 4 is 11.8 Å². The molecular weight excluding hydrogens is 400 g/mol. The van der Waals surface area contributed by atoms with Crippen molar-refractivity contribution in [3.05, 3.63) is 65.2 Å². The predicted molar refractivity (Wildman–Crippen MR) is 130 cm³/mol. The number of para-hydroxylation sites is 1. The fourth-order valence-corrected chi connectivity index (χ4v) is 3.38. The lowest BCUT2D eigenvalue weighted by atomic mass is 9.86. The summed E-state index contributed by atoms with van der Waals surface area (Å²) >= 11 is 0. The Labute approximate surface area is 193 Å². The molecule has 0 fully saturated rings. The summed E-state index contributed by atoms with van der Waals surface area (Å²) in [6.45, 7) is 16.1. The molecule has 0 aliphatic heterocycles. The van der Waals surface area contributed by atoms with E-state index in [4.69, 9.17) is 4.74 Å². The van der Waals surface area contributed by atoms with Gasteiger partial charge >= 0.3 is 0 Å². The van der Waals surface area contributed by atoms with E-state index in [-0.39, 0.29) is 29.4 Å². The van der Waals surface area contributed by atoms with E-state index in [1.54, 1.807) is 11.8 Å². The first-order valence-corrected chi connectivity index (χ1v) is 11.2. The second-order valence-electron chi connectivity index (χ2n) is 10.5. The van der Waals surface area contributed by atoms with Crippen molar-refractivity contribution in [3.8, 4) is 5.75 Å². The number of benzene rings is 2. The van der Waals surface area contributed by atoms with Crippen molar-refractivity contribution in [1.82, 2.24) is 10.2 Å². The molecule has 0 radical (unpaired) electrons. The van der Waals surface area contributed by atoms with Gasteiger partial charge in [-0.2, -0.15) is 0 Å². The maximum absolute atomic E-state index is 13.3. The van der Waals surface area contributed by atoms with Gasteiger partial charge in [-0.15, -0.1) is 0 Å². The van der Waals surface area contributed by atoms with E-state index < -0.39 is 6.04 Å². The van der Waals surface area contributed by atoms with Crippen LogP contribution in [-0.2, 0) is 21.5 Å². The van der Waals surface area contributed by atoms with Gasteiger partial charge < -0.3 is 15.0 Å². The van der Waals surface area contributed by atoms with Crippen LogP contribution in [0.1, 0.15) is 65.2 Å². The van der Waals surface area contributed by atoms with Crippen molar-refractivity contribution in [2.24, 2.45) is 0 Å². The molecule has 0 bridgehead atoms. The molecule has 2 rings (SSSR count). The molecule has 0 aliphatic carbocycles. The van der Waals surface area contributed by atoms with Gasteiger partial charge in [-0.3, -0.25) is 9.59 Å². The lowest BCUT2D eigenvalue weighted by Crippen LogP contribution is -2.53. The second kappa shape index (κ2) is 10.2. The average Bonchev–Trinajstić information content (AvgIpc) is 2.69. The molecule has 1 N–H and O–H groups in total. The van der Waals surface area contributed by atoms with Gasteiger partial charge in [0.1, 0.15) is 11.8 Å². The molecule has 0 saturated carbocycles. The van der Waals surface area contributed by atoms with Gasteiger partial charge in [0.05, 0.1) is 0 Å². The largest absolute Gasteiger partial charge is 0.483 e. The number of nitrogens with one attached hydrogen (secondary N) is 1. The standard InChI is InChI=1S/C27H38N2O3/c1-19-13-15-21(16-14-19)17-29(20(2)25(31)28-27(6,7)8)24(30)18-32-23-12-10-9-11-22(23)26(3,4)5/h9-16,20H,17-18H2,1-8H3,(H,28,31). The molecule has 5 heteroatoms. The van der Waals surface area contributed by atoms with Crippen LogP contribution < -0.4 is 10.1 Å². The summed E-state index contributed by atoms with van der Waals surface area (Å²) in [6, 6.07) is 15.1. The molecule has 0 saturated heterocycles. The minimum absolute atomic E-state index is 0.110. The number of ether oxygens (including phenoxy) is 1. The van der Waals surface area contributed by atoms with Crippen LogP contribution in [0, 0.1) is 6.92 Å². The zero-order chi connectivity index (χ0) is 24.1. The minimum Gasteiger partial charge on any atom is -0.483 e. The average molecular weight is 439 g/mol. The molecule has 2 aromatic carbocycles. The fraction of sp³-hybridized carbons (Fsp3) is 0.481. The normalized spacial score (nSPS) is 12.8. The summed E-state index contributed by atoms with van der Waals surface area (Å²) in [4.78, 5) is 27.7. The first-order valence-electron chi connectivity index (χ1n) is 11.2. The van der Waals surface area contributed by atoms with Crippen LogP contribution >= 0.6 is 0 Å². The lowest BCUT2D eigenvalue weighted by Gasteiger charge is -2.31. The molecule has 0 spiro atoms. The predicted octanol–water partition coefficient (Wildman–Crippen LogP) is 5.00. The van der Waals surface area contributed by atoms with Gasteiger partial charge in [-0.25, -0.2) is 0 Å². The summed E-state index contributed by atoms with van der Waals surface area (Å²) in [7, 11) is 0. The summed E-state index contributed by atoms with van der Waals surface area (Å²) in [5.74, 6) is 0.273. The number of hydrogen-bond acceptors (Lipinski definition) is 3. The molecule has 1 atom stereocenters. The van der Waals surface area contributed by atoms with E-state index >= 15 is 0 Å². The molecule has 0 aliphatic rings. The molecule has 174 valence electrons. The number of amides is 2. The van der Waals surface area contributed by atoms with Gasteiger partial charge in [-0.05, 0) is 57.2 Å².